The van der Waals surface area contributed by atoms with Crippen LogP contribution in [0.15, 0.2) is 72.9 Å². The second-order valence-corrected chi connectivity index (χ2v) is 41.2. The van der Waals surface area contributed by atoms with Crippen molar-refractivity contribution in [1.29, 1.82) is 0 Å². The van der Waals surface area contributed by atoms with Crippen LogP contribution in [0.5, 0.6) is 0 Å². The maximum atomic E-state index is 12.9. The molecular formula is C126H232O12. The summed E-state index contributed by atoms with van der Waals surface area (Å²) in [5.41, 5.74) is 0. The standard InChI is InChI=1S/C69H128O6.C57H104O6/c1-4-7-10-13-16-19-22-25-28-31-34-37-40-43-46-49-52-55-58-61-67(70)73-64-66(75-69(72)63-60-57-54-51-48-45-42-39-36-33-30-27-24-21-18-15-12-9-6-3)65-74-68(71)62-59-56-53-50-47-44-41-38-35-32-29-26-23-20-17-14-11-8-5-2;1-4-7-10-13-16-19-22-25-28-31-34-37-40-43-46-49-55(58)61-52-54(63-57(60)51-48-45-42-39-36-33-30-27-24-21-18-15-12-9-6-3)53-62-56(59)50-47-44-41-38-35-32-29-26-23-20-17-14-11-8-5-2/h25-30,66H,4-24,31-65H2,1-3H3;25-30,54H,4-24,31-53H2,1-3H3/b2*28-25-,29-26-,30-27-. The highest BCUT2D eigenvalue weighted by Crippen LogP contribution is 2.22. The van der Waals surface area contributed by atoms with E-state index in [0.29, 0.717) is 38.5 Å². The summed E-state index contributed by atoms with van der Waals surface area (Å²) in [6.45, 7) is 13.3. The van der Waals surface area contributed by atoms with Gasteiger partial charge in [-0.2, -0.15) is 0 Å². The first-order valence-electron chi connectivity index (χ1n) is 61.0. The van der Waals surface area contributed by atoms with Crippen molar-refractivity contribution >= 4 is 35.8 Å². The van der Waals surface area contributed by atoms with Crippen molar-refractivity contribution in [3.05, 3.63) is 72.9 Å². The van der Waals surface area contributed by atoms with Crippen molar-refractivity contribution in [3.8, 4) is 0 Å². The zero-order valence-corrected chi connectivity index (χ0v) is 92.7. The van der Waals surface area contributed by atoms with Gasteiger partial charge in [0, 0.05) is 38.5 Å². The molecule has 0 aromatic rings. The summed E-state index contributed by atoms with van der Waals surface area (Å²) < 4.78 is 33.8. The molecule has 0 fully saturated rings. The molecule has 0 aromatic heterocycles. The van der Waals surface area contributed by atoms with E-state index in [2.05, 4.69) is 114 Å². The maximum Gasteiger partial charge on any atom is 0.306 e. The van der Waals surface area contributed by atoms with Gasteiger partial charge in [-0.15, -0.1) is 0 Å². The minimum atomic E-state index is -0.781. The van der Waals surface area contributed by atoms with Crippen molar-refractivity contribution in [2.75, 3.05) is 26.4 Å². The Bertz CT molecular complexity index is 2550. The van der Waals surface area contributed by atoms with Crippen molar-refractivity contribution in [2.24, 2.45) is 0 Å². The first kappa shape index (κ1) is 135. The highest BCUT2D eigenvalue weighted by atomic mass is 16.6. The largest absolute Gasteiger partial charge is 0.462 e. The molecule has 0 atom stereocenters. The van der Waals surface area contributed by atoms with E-state index >= 15 is 0 Å². The molecule has 12 heteroatoms. The molecule has 0 saturated carbocycles. The fraction of sp³-hybridized carbons (Fsp3) is 0.857. The van der Waals surface area contributed by atoms with Crippen LogP contribution in [0.1, 0.15) is 658 Å². The van der Waals surface area contributed by atoms with Gasteiger partial charge in [0.2, 0.25) is 0 Å². The van der Waals surface area contributed by atoms with Crippen molar-refractivity contribution in [1.82, 2.24) is 0 Å². The highest BCUT2D eigenvalue weighted by molar-refractivity contribution is 5.72. The van der Waals surface area contributed by atoms with Gasteiger partial charge in [-0.1, -0.05) is 500 Å². The molecular weight excluding hydrogens is 1710 g/mol. The van der Waals surface area contributed by atoms with Gasteiger partial charge in [0.15, 0.2) is 12.2 Å². The SMILES string of the molecule is CCCCCCCC/C=C\CCCCCCCC(=O)OCC(COC(=O)CCCCCCC/C=C\CCCCCCCC)OC(=O)CCCCCCC/C=C\CCCCCCCC.CCCCCCCC/C=C\CCCCCCCCCCCC(=O)OCC(COC(=O)CCCCCCCCCCC/C=C\CCCCCCCC)OC(=O)CCCCCCCCCCC/C=C\CCCCCCCC. The van der Waals surface area contributed by atoms with Crippen LogP contribution in [-0.4, -0.2) is 74.5 Å². The van der Waals surface area contributed by atoms with Gasteiger partial charge >= 0.3 is 35.8 Å². The number of carbonyl (C=O) groups excluding carboxylic acids is 6. The van der Waals surface area contributed by atoms with Gasteiger partial charge in [0.1, 0.15) is 26.4 Å². The summed E-state index contributed by atoms with van der Waals surface area (Å²) in [5, 5.41) is 0. The average Bonchev–Trinajstić information content (AvgIpc) is 0.943. The number of esters is 6. The van der Waals surface area contributed by atoms with E-state index in [1.54, 1.807) is 0 Å². The number of unbranched alkanes of at least 4 members (excludes halogenated alkanes) is 78. The monoisotopic (exact) mass is 1940 g/mol. The molecule has 808 valence electrons. The lowest BCUT2D eigenvalue weighted by molar-refractivity contribution is -0.167. The normalized spacial score (nSPS) is 11.8. The van der Waals surface area contributed by atoms with E-state index in [1.807, 2.05) is 0 Å². The molecule has 0 saturated heterocycles. The van der Waals surface area contributed by atoms with Crippen LogP contribution in [0.3, 0.4) is 0 Å². The van der Waals surface area contributed by atoms with Crippen molar-refractivity contribution in [3.63, 3.8) is 0 Å². The summed E-state index contributed by atoms with van der Waals surface area (Å²) in [6.07, 6.45) is 140. The molecule has 0 radical (unpaired) electrons. The lowest BCUT2D eigenvalue weighted by Crippen LogP contribution is -2.30. The fourth-order valence-corrected chi connectivity index (χ4v) is 17.9. The number of hydrogen-bond acceptors (Lipinski definition) is 12. The minimum absolute atomic E-state index is 0.0712. The van der Waals surface area contributed by atoms with Crippen LogP contribution >= 0.6 is 0 Å². The lowest BCUT2D eigenvalue weighted by Gasteiger charge is -2.18. The highest BCUT2D eigenvalue weighted by Gasteiger charge is 2.22. The van der Waals surface area contributed by atoms with Crippen molar-refractivity contribution in [2.45, 2.75) is 670 Å². The summed E-state index contributed by atoms with van der Waals surface area (Å²) in [4.78, 5) is 76.4. The van der Waals surface area contributed by atoms with Crippen molar-refractivity contribution < 1.29 is 57.2 Å². The maximum absolute atomic E-state index is 12.9. The Morgan fingerprint density at radius 1 is 0.138 bits per heavy atom. The molecule has 0 unspecified atom stereocenters. The van der Waals surface area contributed by atoms with Crippen LogP contribution in [0.25, 0.3) is 0 Å². The first-order chi connectivity index (χ1) is 68.1. The quantitative estimate of drug-likeness (QED) is 0.0246. The summed E-state index contributed by atoms with van der Waals surface area (Å²) in [7, 11) is 0. The van der Waals surface area contributed by atoms with E-state index in [0.717, 1.165) is 135 Å². The fourth-order valence-electron chi connectivity index (χ4n) is 17.9. The average molecular weight is 1940 g/mol. The van der Waals surface area contributed by atoms with Gasteiger partial charge < -0.3 is 28.4 Å². The second-order valence-electron chi connectivity index (χ2n) is 41.2. The predicted molar refractivity (Wildman–Crippen MR) is 596 cm³/mol. The molecule has 0 amide bonds. The zero-order valence-electron chi connectivity index (χ0n) is 92.7. The molecule has 0 rings (SSSR count). The van der Waals surface area contributed by atoms with Crippen LogP contribution in [0.4, 0.5) is 0 Å². The van der Waals surface area contributed by atoms with Gasteiger partial charge in [0.25, 0.3) is 0 Å². The third-order valence-corrected chi connectivity index (χ3v) is 27.2. The van der Waals surface area contributed by atoms with Gasteiger partial charge in [0.05, 0.1) is 0 Å². The Balaban J connectivity index is 0. The molecule has 0 aromatic carbocycles. The second kappa shape index (κ2) is 121. The smallest absolute Gasteiger partial charge is 0.306 e. The van der Waals surface area contributed by atoms with Crippen LogP contribution in [0.2, 0.25) is 0 Å². The first-order valence-corrected chi connectivity index (χ1v) is 61.0. The Labute approximate surface area is 857 Å². The third kappa shape index (κ3) is 118. The van der Waals surface area contributed by atoms with E-state index in [1.165, 1.54) is 443 Å². The molecule has 0 aliphatic heterocycles. The van der Waals surface area contributed by atoms with E-state index < -0.39 is 12.2 Å². The van der Waals surface area contributed by atoms with Gasteiger partial charge in [-0.3, -0.25) is 28.8 Å². The number of hydrogen-bond donors (Lipinski definition) is 0. The molecule has 0 bridgehead atoms. The summed E-state index contributed by atoms with van der Waals surface area (Å²) in [5.74, 6) is -1.75. The number of ether oxygens (including phenoxy) is 6. The molecule has 0 heterocycles. The zero-order chi connectivity index (χ0) is 100. The molecule has 138 heavy (non-hydrogen) atoms. The third-order valence-electron chi connectivity index (χ3n) is 27.2. The topological polar surface area (TPSA) is 158 Å². The molecule has 0 aliphatic carbocycles. The molecule has 0 N–H and O–H groups in total. The van der Waals surface area contributed by atoms with E-state index in [4.69, 9.17) is 28.4 Å². The minimum Gasteiger partial charge on any atom is -0.462 e. The van der Waals surface area contributed by atoms with E-state index in [9.17, 15) is 28.8 Å². The van der Waals surface area contributed by atoms with Gasteiger partial charge in [-0.05, 0) is 193 Å². The Kier molecular flexibility index (Phi) is 119. The number of allylic oxidation sites excluding steroid dienone is 12. The molecule has 0 aliphatic rings. The molecule has 0 spiro atoms. The summed E-state index contributed by atoms with van der Waals surface area (Å²) >= 11 is 0. The Morgan fingerprint density at radius 2 is 0.239 bits per heavy atom. The Hall–Kier alpha value is -4.74. The number of carbonyl (C=O) groups is 6. The van der Waals surface area contributed by atoms with Crippen LogP contribution in [0, 0.1) is 0 Å². The lowest BCUT2D eigenvalue weighted by atomic mass is 10.1. The van der Waals surface area contributed by atoms with E-state index in [-0.39, 0.29) is 62.2 Å². The number of rotatable bonds is 112. The molecule has 12 nitrogen and oxygen atoms in total. The van der Waals surface area contributed by atoms with Gasteiger partial charge in [-0.25, -0.2) is 0 Å². The van der Waals surface area contributed by atoms with Crippen LogP contribution in [-0.2, 0) is 57.2 Å². The Morgan fingerprint density at radius 3 is 0.362 bits per heavy atom. The summed E-state index contributed by atoms with van der Waals surface area (Å²) in [6, 6.07) is 0. The van der Waals surface area contributed by atoms with Crippen LogP contribution < -0.4 is 0 Å². The predicted octanol–water partition coefficient (Wildman–Crippen LogP) is 40.9.